The van der Waals surface area contributed by atoms with Gasteiger partial charge >= 0.3 is 0 Å². The summed E-state index contributed by atoms with van der Waals surface area (Å²) in [6, 6.07) is 12.9. The standard InChI is InChI=1S/C16H20O/c1-11(2)13-5-6-15-10-16(17-12(3)4)8-7-14(15)9-13/h5-12H,1-4H3. The first kappa shape index (κ1) is 12.0. The van der Waals surface area contributed by atoms with E-state index in [9.17, 15) is 0 Å². The molecule has 0 amide bonds. The number of fused-ring (bicyclic) bond motifs is 1. The molecule has 0 heterocycles. The molecule has 0 unspecified atom stereocenters. The Morgan fingerprint density at radius 1 is 0.824 bits per heavy atom. The fourth-order valence-corrected chi connectivity index (χ4v) is 1.95. The minimum absolute atomic E-state index is 0.224. The summed E-state index contributed by atoms with van der Waals surface area (Å²) in [5, 5.41) is 2.53. The van der Waals surface area contributed by atoms with Gasteiger partial charge in [0.1, 0.15) is 5.75 Å². The molecule has 0 saturated heterocycles. The van der Waals surface area contributed by atoms with Crippen LogP contribution in [0.2, 0.25) is 0 Å². The molecule has 2 aromatic carbocycles. The van der Waals surface area contributed by atoms with E-state index in [4.69, 9.17) is 4.74 Å². The van der Waals surface area contributed by atoms with Crippen molar-refractivity contribution in [3.8, 4) is 5.75 Å². The zero-order valence-electron chi connectivity index (χ0n) is 11.0. The van der Waals surface area contributed by atoms with Gasteiger partial charge in [0.15, 0.2) is 0 Å². The summed E-state index contributed by atoms with van der Waals surface area (Å²) in [4.78, 5) is 0. The SMILES string of the molecule is CC(C)Oc1ccc2cc(C(C)C)ccc2c1. The topological polar surface area (TPSA) is 9.23 Å². The fourth-order valence-electron chi connectivity index (χ4n) is 1.95. The lowest BCUT2D eigenvalue weighted by atomic mass is 9.99. The number of hydrogen-bond donors (Lipinski definition) is 0. The van der Waals surface area contributed by atoms with E-state index in [0.717, 1.165) is 5.75 Å². The van der Waals surface area contributed by atoms with E-state index in [1.54, 1.807) is 0 Å². The highest BCUT2D eigenvalue weighted by Crippen LogP contribution is 2.25. The van der Waals surface area contributed by atoms with E-state index in [1.165, 1.54) is 16.3 Å². The van der Waals surface area contributed by atoms with Crippen molar-refractivity contribution in [2.75, 3.05) is 0 Å². The third-order valence-corrected chi connectivity index (χ3v) is 2.87. The summed E-state index contributed by atoms with van der Waals surface area (Å²) in [6.07, 6.45) is 0.224. The molecule has 0 spiro atoms. The van der Waals surface area contributed by atoms with E-state index in [-0.39, 0.29) is 6.10 Å². The van der Waals surface area contributed by atoms with Gasteiger partial charge in [-0.15, -0.1) is 0 Å². The van der Waals surface area contributed by atoms with E-state index >= 15 is 0 Å². The molecule has 17 heavy (non-hydrogen) atoms. The van der Waals surface area contributed by atoms with Crippen LogP contribution in [-0.4, -0.2) is 6.10 Å². The van der Waals surface area contributed by atoms with Gasteiger partial charge in [-0.3, -0.25) is 0 Å². The molecule has 90 valence electrons. The Kier molecular flexibility index (Phi) is 3.37. The highest BCUT2D eigenvalue weighted by molar-refractivity contribution is 5.84. The van der Waals surface area contributed by atoms with Gasteiger partial charge in [0, 0.05) is 0 Å². The third-order valence-electron chi connectivity index (χ3n) is 2.87. The average Bonchev–Trinajstić information content (AvgIpc) is 2.27. The van der Waals surface area contributed by atoms with Gasteiger partial charge in [-0.25, -0.2) is 0 Å². The zero-order chi connectivity index (χ0) is 12.4. The molecular weight excluding hydrogens is 208 g/mol. The molecule has 0 atom stereocenters. The molecule has 0 aromatic heterocycles. The van der Waals surface area contributed by atoms with E-state index in [2.05, 4.69) is 44.2 Å². The smallest absolute Gasteiger partial charge is 0.120 e. The van der Waals surface area contributed by atoms with Gasteiger partial charge in [-0.05, 0) is 48.2 Å². The Labute approximate surface area is 103 Å². The molecule has 0 aliphatic carbocycles. The van der Waals surface area contributed by atoms with Crippen molar-refractivity contribution in [1.29, 1.82) is 0 Å². The Balaban J connectivity index is 2.39. The Morgan fingerprint density at radius 3 is 2.12 bits per heavy atom. The fraction of sp³-hybridized carbons (Fsp3) is 0.375. The minimum atomic E-state index is 0.224. The molecule has 1 heteroatoms. The number of hydrogen-bond acceptors (Lipinski definition) is 1. The van der Waals surface area contributed by atoms with E-state index in [1.807, 2.05) is 19.9 Å². The van der Waals surface area contributed by atoms with Gasteiger partial charge in [0.2, 0.25) is 0 Å². The molecule has 0 radical (unpaired) electrons. The van der Waals surface area contributed by atoms with Crippen molar-refractivity contribution in [3.05, 3.63) is 42.0 Å². The van der Waals surface area contributed by atoms with Crippen LogP contribution in [0.3, 0.4) is 0 Å². The van der Waals surface area contributed by atoms with Crippen LogP contribution in [0, 0.1) is 0 Å². The maximum absolute atomic E-state index is 5.70. The van der Waals surface area contributed by atoms with Crippen LogP contribution in [0.1, 0.15) is 39.2 Å². The summed E-state index contributed by atoms with van der Waals surface area (Å²) in [5.41, 5.74) is 1.38. The van der Waals surface area contributed by atoms with Crippen LogP contribution in [0.4, 0.5) is 0 Å². The highest BCUT2D eigenvalue weighted by atomic mass is 16.5. The molecule has 0 saturated carbocycles. The molecule has 0 aliphatic heterocycles. The van der Waals surface area contributed by atoms with Gasteiger partial charge < -0.3 is 4.74 Å². The van der Waals surface area contributed by atoms with Crippen LogP contribution in [0.25, 0.3) is 10.8 Å². The van der Waals surface area contributed by atoms with Crippen LogP contribution < -0.4 is 4.74 Å². The van der Waals surface area contributed by atoms with Gasteiger partial charge in [0.25, 0.3) is 0 Å². The lowest BCUT2D eigenvalue weighted by Crippen LogP contribution is -2.05. The quantitative estimate of drug-likeness (QED) is 0.736. The second-order valence-electron chi connectivity index (χ2n) is 5.09. The van der Waals surface area contributed by atoms with Gasteiger partial charge in [-0.2, -0.15) is 0 Å². The zero-order valence-corrected chi connectivity index (χ0v) is 11.0. The lowest BCUT2D eigenvalue weighted by Gasteiger charge is -2.11. The van der Waals surface area contributed by atoms with Crippen molar-refractivity contribution in [2.24, 2.45) is 0 Å². The normalized spacial score (nSPS) is 11.4. The average molecular weight is 228 g/mol. The van der Waals surface area contributed by atoms with E-state index in [0.29, 0.717) is 5.92 Å². The van der Waals surface area contributed by atoms with Crippen LogP contribution in [0.5, 0.6) is 5.75 Å². The molecule has 1 nitrogen and oxygen atoms in total. The highest BCUT2D eigenvalue weighted by Gasteiger charge is 2.03. The summed E-state index contributed by atoms with van der Waals surface area (Å²) in [7, 11) is 0. The van der Waals surface area contributed by atoms with Crippen LogP contribution in [-0.2, 0) is 0 Å². The van der Waals surface area contributed by atoms with Crippen LogP contribution >= 0.6 is 0 Å². The largest absolute Gasteiger partial charge is 0.491 e. The summed E-state index contributed by atoms with van der Waals surface area (Å²) >= 11 is 0. The van der Waals surface area contributed by atoms with E-state index < -0.39 is 0 Å². The van der Waals surface area contributed by atoms with Gasteiger partial charge in [0.05, 0.1) is 6.10 Å². The van der Waals surface area contributed by atoms with Crippen LogP contribution in [0.15, 0.2) is 36.4 Å². The maximum Gasteiger partial charge on any atom is 0.120 e. The lowest BCUT2D eigenvalue weighted by molar-refractivity contribution is 0.243. The monoisotopic (exact) mass is 228 g/mol. The first-order valence-corrected chi connectivity index (χ1v) is 6.26. The molecule has 2 aromatic rings. The van der Waals surface area contributed by atoms with Crippen molar-refractivity contribution in [2.45, 2.75) is 39.7 Å². The van der Waals surface area contributed by atoms with Crippen molar-refractivity contribution in [1.82, 2.24) is 0 Å². The molecule has 0 fully saturated rings. The summed E-state index contributed by atoms with van der Waals surface area (Å²) < 4.78 is 5.70. The molecule has 0 N–H and O–H groups in total. The minimum Gasteiger partial charge on any atom is -0.491 e. The van der Waals surface area contributed by atoms with Crippen molar-refractivity contribution in [3.63, 3.8) is 0 Å². The predicted octanol–water partition coefficient (Wildman–Crippen LogP) is 4.75. The second kappa shape index (κ2) is 4.79. The first-order valence-electron chi connectivity index (χ1n) is 6.26. The molecular formula is C16H20O. The number of benzene rings is 2. The number of ether oxygens (including phenoxy) is 1. The summed E-state index contributed by atoms with van der Waals surface area (Å²) in [6.45, 7) is 8.53. The summed E-state index contributed by atoms with van der Waals surface area (Å²) in [5.74, 6) is 1.52. The number of rotatable bonds is 3. The molecule has 0 bridgehead atoms. The maximum atomic E-state index is 5.70. The Bertz CT molecular complexity index is 512. The Morgan fingerprint density at radius 2 is 1.47 bits per heavy atom. The molecule has 0 aliphatic rings. The van der Waals surface area contributed by atoms with Crippen molar-refractivity contribution < 1.29 is 4.74 Å². The Hall–Kier alpha value is -1.50. The van der Waals surface area contributed by atoms with Gasteiger partial charge in [-0.1, -0.05) is 38.1 Å². The first-order chi connectivity index (χ1) is 8.06. The van der Waals surface area contributed by atoms with Crippen molar-refractivity contribution >= 4 is 10.8 Å². The third kappa shape index (κ3) is 2.79. The predicted molar refractivity (Wildman–Crippen MR) is 73.8 cm³/mol. The molecule has 2 rings (SSSR count). The second-order valence-corrected chi connectivity index (χ2v) is 5.09.